The molecule has 1 fully saturated rings. The molecule has 0 spiro atoms. The zero-order valence-corrected chi connectivity index (χ0v) is 22.8. The molecule has 0 aliphatic carbocycles. The molecule has 0 radical (unpaired) electrons. The van der Waals surface area contributed by atoms with Crippen molar-refractivity contribution in [3.8, 4) is 0 Å². The molecule has 4 N–H and O–H groups in total. The number of ether oxygens (including phenoxy) is 3. The van der Waals surface area contributed by atoms with E-state index in [9.17, 15) is 9.59 Å². The van der Waals surface area contributed by atoms with Crippen LogP contribution in [0.1, 0.15) is 41.5 Å². The van der Waals surface area contributed by atoms with Gasteiger partial charge in [-0.3, -0.25) is 4.79 Å². The number of hydrogen-bond acceptors (Lipinski definition) is 8. The first kappa shape index (κ1) is 32.2. The number of esters is 2. The molecule has 2 unspecified atom stereocenters. The van der Waals surface area contributed by atoms with Crippen molar-refractivity contribution in [1.82, 2.24) is 5.32 Å². The number of aliphatic hydroxyl groups excluding tert-OH is 1. The van der Waals surface area contributed by atoms with E-state index in [1.807, 2.05) is 26.0 Å². The number of rotatable bonds is 6. The normalized spacial score (nSPS) is 19.3. The van der Waals surface area contributed by atoms with Crippen LogP contribution in [-0.2, 0) is 23.8 Å². The van der Waals surface area contributed by atoms with Crippen molar-refractivity contribution >= 4 is 43.8 Å². The Labute approximate surface area is 208 Å². The summed E-state index contributed by atoms with van der Waals surface area (Å²) in [6, 6.07) is 0. The smallest absolute Gasteiger partial charge is 0.349 e. The van der Waals surface area contributed by atoms with Gasteiger partial charge in [0.15, 0.2) is 0 Å². The number of allylic oxidation sites excluding steroid dienone is 4. The van der Waals surface area contributed by atoms with Gasteiger partial charge in [-0.1, -0.05) is 44.0 Å². The number of nitrogens with two attached hydrogens (primary N) is 1. The van der Waals surface area contributed by atoms with Crippen molar-refractivity contribution in [3.05, 3.63) is 47.2 Å². The van der Waals surface area contributed by atoms with E-state index in [1.54, 1.807) is 39.8 Å². The Morgan fingerprint density at radius 1 is 1.19 bits per heavy atom. The highest BCUT2D eigenvalue weighted by molar-refractivity contribution is 9.12. The van der Waals surface area contributed by atoms with Gasteiger partial charge in [0.1, 0.15) is 16.3 Å². The Morgan fingerprint density at radius 3 is 2.16 bits per heavy atom. The number of carbonyl (C=O) groups excluding carboxylic acids is 2. The number of alkyl halides is 2. The van der Waals surface area contributed by atoms with Crippen molar-refractivity contribution in [2.24, 2.45) is 5.73 Å². The molecular formula is C22H36Br2N2O6. The third kappa shape index (κ3) is 13.5. The summed E-state index contributed by atoms with van der Waals surface area (Å²) in [6.07, 6.45) is 6.40. The van der Waals surface area contributed by atoms with Gasteiger partial charge in [-0.05, 0) is 53.7 Å². The highest BCUT2D eigenvalue weighted by Crippen LogP contribution is 2.17. The molecule has 2 atom stereocenters. The fraction of sp³-hybridized carbons (Fsp3) is 0.545. The van der Waals surface area contributed by atoms with E-state index in [1.165, 1.54) is 0 Å². The van der Waals surface area contributed by atoms with Gasteiger partial charge in [0.2, 0.25) is 6.10 Å². The predicted octanol–water partition coefficient (Wildman–Crippen LogP) is 4.36. The van der Waals surface area contributed by atoms with Gasteiger partial charge in [0.25, 0.3) is 0 Å². The minimum atomic E-state index is -0.542. The maximum absolute atomic E-state index is 11.4. The Bertz CT molecular complexity index is 674. The largest absolute Gasteiger partial charge is 0.506 e. The third-order valence-electron chi connectivity index (χ3n) is 3.67. The lowest BCUT2D eigenvalue weighted by molar-refractivity contribution is -0.154. The van der Waals surface area contributed by atoms with Crippen LogP contribution in [-0.4, -0.2) is 53.1 Å². The monoisotopic (exact) mass is 582 g/mol. The Kier molecular flexibility index (Phi) is 19.9. The lowest BCUT2D eigenvalue weighted by Crippen LogP contribution is -2.41. The molecule has 0 aromatic heterocycles. The summed E-state index contributed by atoms with van der Waals surface area (Å²) >= 11 is 6.26. The third-order valence-corrected chi connectivity index (χ3v) is 5.88. The number of carbonyl (C=O) groups is 2. The van der Waals surface area contributed by atoms with Gasteiger partial charge in [-0.2, -0.15) is 0 Å². The van der Waals surface area contributed by atoms with Crippen LogP contribution in [0.4, 0.5) is 0 Å². The molecule has 10 heteroatoms. The van der Waals surface area contributed by atoms with Crippen molar-refractivity contribution < 1.29 is 28.9 Å². The molecule has 8 nitrogen and oxygen atoms in total. The molecule has 32 heavy (non-hydrogen) atoms. The zero-order chi connectivity index (χ0) is 25.1. The fourth-order valence-corrected chi connectivity index (χ4v) is 2.39. The zero-order valence-electron chi connectivity index (χ0n) is 19.6. The molecule has 1 saturated heterocycles. The first-order valence-electron chi connectivity index (χ1n) is 10.2. The molecule has 1 rings (SSSR count). The molecule has 1 aliphatic rings. The van der Waals surface area contributed by atoms with Crippen LogP contribution in [0.3, 0.4) is 0 Å². The van der Waals surface area contributed by atoms with E-state index in [0.29, 0.717) is 36.5 Å². The Morgan fingerprint density at radius 2 is 1.78 bits per heavy atom. The second-order valence-electron chi connectivity index (χ2n) is 5.89. The van der Waals surface area contributed by atoms with Crippen LogP contribution in [0.5, 0.6) is 0 Å². The molecule has 1 aliphatic heterocycles. The lowest BCUT2D eigenvalue weighted by atomic mass is 10.2. The van der Waals surface area contributed by atoms with Crippen molar-refractivity contribution in [2.45, 2.75) is 52.5 Å². The van der Waals surface area contributed by atoms with Gasteiger partial charge < -0.3 is 30.4 Å². The summed E-state index contributed by atoms with van der Waals surface area (Å²) < 4.78 is 15.1. The van der Waals surface area contributed by atoms with Crippen LogP contribution in [0, 0.1) is 0 Å². The minimum Gasteiger partial charge on any atom is -0.506 e. The molecule has 0 amide bonds. The standard InChI is InChI=1S/C11H17NO3.C6H11NO.C5H8Br2O2/c1-4-8-9(5-2)15-10(7-12-8)11(13)14-6-3;1-3-5(7)6(8)4-2;1-2-9-5(8)4(7)3-6/h4-5,10,12H,6-7H2,1-3H3;3-4,8H,7H2,1-2H3;4H,2-3H2,1H3/b8-4+,9-5+;5-3+,6-4+;. The SMILES string of the molecule is C/C=C(N)\C(O)=C/C.C/C=C1/NCC(C(=O)OCC)O/C1=C/C.CCOC(=O)C(Br)CBr. The quantitative estimate of drug-likeness (QED) is 0.182. The predicted molar refractivity (Wildman–Crippen MR) is 134 cm³/mol. The summed E-state index contributed by atoms with van der Waals surface area (Å²) in [5.41, 5.74) is 6.61. The maximum atomic E-state index is 11.4. The fourth-order valence-electron chi connectivity index (χ4n) is 1.99. The second kappa shape index (κ2) is 19.7. The average molecular weight is 584 g/mol. The van der Waals surface area contributed by atoms with Gasteiger partial charge in [0.05, 0.1) is 31.2 Å². The molecular weight excluding hydrogens is 548 g/mol. The van der Waals surface area contributed by atoms with E-state index >= 15 is 0 Å². The van der Waals surface area contributed by atoms with Crippen molar-refractivity contribution in [1.29, 1.82) is 0 Å². The summed E-state index contributed by atoms with van der Waals surface area (Å²) in [5.74, 6) is 0.309. The Balaban J connectivity index is 0. The highest BCUT2D eigenvalue weighted by atomic mass is 79.9. The van der Waals surface area contributed by atoms with Crippen LogP contribution < -0.4 is 11.1 Å². The molecule has 0 saturated carbocycles. The van der Waals surface area contributed by atoms with Gasteiger partial charge >= 0.3 is 11.9 Å². The number of halogens is 2. The van der Waals surface area contributed by atoms with Crippen LogP contribution >= 0.6 is 31.9 Å². The lowest BCUT2D eigenvalue weighted by Gasteiger charge is -2.27. The number of aliphatic hydroxyl groups is 1. The first-order chi connectivity index (χ1) is 15.2. The Hall–Kier alpha value is -1.94. The maximum Gasteiger partial charge on any atom is 0.349 e. The molecule has 184 valence electrons. The summed E-state index contributed by atoms with van der Waals surface area (Å²) in [4.78, 5) is 21.9. The molecule has 0 aromatic rings. The second-order valence-corrected chi connectivity index (χ2v) is 7.64. The van der Waals surface area contributed by atoms with E-state index in [0.717, 1.165) is 5.70 Å². The minimum absolute atomic E-state index is 0.146. The van der Waals surface area contributed by atoms with E-state index < -0.39 is 6.10 Å². The van der Waals surface area contributed by atoms with Crippen LogP contribution in [0.25, 0.3) is 0 Å². The molecule has 0 bridgehead atoms. The highest BCUT2D eigenvalue weighted by Gasteiger charge is 2.27. The van der Waals surface area contributed by atoms with Gasteiger partial charge in [-0.15, -0.1) is 0 Å². The van der Waals surface area contributed by atoms with Gasteiger partial charge in [0, 0.05) is 5.33 Å². The average Bonchev–Trinajstić information content (AvgIpc) is 2.82. The molecule has 0 aromatic carbocycles. The van der Waals surface area contributed by atoms with E-state index in [4.69, 9.17) is 20.3 Å². The summed E-state index contributed by atoms with van der Waals surface area (Å²) in [6.45, 7) is 12.1. The number of morpholine rings is 1. The first-order valence-corrected chi connectivity index (χ1v) is 12.2. The van der Waals surface area contributed by atoms with E-state index in [-0.39, 0.29) is 22.5 Å². The summed E-state index contributed by atoms with van der Waals surface area (Å²) in [5, 5.41) is 12.5. The number of hydrogen-bond donors (Lipinski definition) is 3. The topological polar surface area (TPSA) is 120 Å². The molecule has 1 heterocycles. The van der Waals surface area contributed by atoms with Crippen LogP contribution in [0.15, 0.2) is 47.2 Å². The van der Waals surface area contributed by atoms with Gasteiger partial charge in [-0.25, -0.2) is 4.79 Å². The summed E-state index contributed by atoms with van der Waals surface area (Å²) in [7, 11) is 0. The van der Waals surface area contributed by atoms with Crippen molar-refractivity contribution in [2.75, 3.05) is 25.1 Å². The van der Waals surface area contributed by atoms with Crippen LogP contribution in [0.2, 0.25) is 0 Å². The van der Waals surface area contributed by atoms with Crippen molar-refractivity contribution in [3.63, 3.8) is 0 Å². The van der Waals surface area contributed by atoms with E-state index in [2.05, 4.69) is 41.9 Å². The number of nitrogens with one attached hydrogen (secondary N) is 1.